The lowest BCUT2D eigenvalue weighted by atomic mass is 9.69. The Morgan fingerprint density at radius 3 is 1.77 bits per heavy atom. The van der Waals surface area contributed by atoms with Gasteiger partial charge in [-0.15, -0.1) is 0 Å². The van der Waals surface area contributed by atoms with Crippen LogP contribution in [0.3, 0.4) is 0 Å². The van der Waals surface area contributed by atoms with Gasteiger partial charge in [-0.2, -0.15) is 0 Å². The number of methoxy groups -OCH3 is 2. The minimum atomic E-state index is -1.15. The molecular formula is C18H34O4. The highest BCUT2D eigenvalue weighted by Gasteiger charge is 2.51. The summed E-state index contributed by atoms with van der Waals surface area (Å²) in [5, 5.41) is 0. The Labute approximate surface area is 135 Å². The van der Waals surface area contributed by atoms with E-state index in [2.05, 4.69) is 6.92 Å². The van der Waals surface area contributed by atoms with Crippen molar-refractivity contribution in [1.29, 1.82) is 0 Å². The molecule has 22 heavy (non-hydrogen) atoms. The predicted octanol–water partition coefficient (Wildman–Crippen LogP) is 4.51. The molecule has 0 aliphatic rings. The Hall–Kier alpha value is -1.06. The van der Waals surface area contributed by atoms with Gasteiger partial charge in [0.1, 0.15) is 0 Å². The second kappa shape index (κ2) is 11.5. The Balaban J connectivity index is 4.85. The van der Waals surface area contributed by atoms with Crippen molar-refractivity contribution >= 4 is 11.9 Å². The fourth-order valence-electron chi connectivity index (χ4n) is 3.33. The molecule has 0 bridgehead atoms. The molecule has 1 unspecified atom stereocenters. The minimum Gasteiger partial charge on any atom is -0.468 e. The third-order valence-corrected chi connectivity index (χ3v) is 4.75. The molecule has 0 saturated heterocycles. The first-order valence-electron chi connectivity index (χ1n) is 8.71. The molecule has 0 amide bonds. The van der Waals surface area contributed by atoms with Gasteiger partial charge >= 0.3 is 11.9 Å². The molecule has 0 heterocycles. The van der Waals surface area contributed by atoms with Crippen LogP contribution >= 0.6 is 0 Å². The molecule has 0 rings (SSSR count). The van der Waals surface area contributed by atoms with Crippen molar-refractivity contribution in [3.05, 3.63) is 0 Å². The van der Waals surface area contributed by atoms with Gasteiger partial charge in [0, 0.05) is 0 Å². The Kier molecular flexibility index (Phi) is 10.9. The number of hydrogen-bond donors (Lipinski definition) is 0. The molecule has 4 nitrogen and oxygen atoms in total. The molecule has 0 spiro atoms. The van der Waals surface area contributed by atoms with Gasteiger partial charge in [0.15, 0.2) is 5.41 Å². The third kappa shape index (κ3) is 5.29. The molecule has 0 aliphatic carbocycles. The lowest BCUT2D eigenvalue weighted by Crippen LogP contribution is -2.46. The molecule has 0 saturated carbocycles. The summed E-state index contributed by atoms with van der Waals surface area (Å²) in [5.74, 6) is -0.942. The molecule has 0 aromatic carbocycles. The highest BCUT2D eigenvalue weighted by atomic mass is 16.5. The summed E-state index contributed by atoms with van der Waals surface area (Å²) in [5.41, 5.74) is -1.15. The number of esters is 2. The predicted molar refractivity (Wildman–Crippen MR) is 88.5 cm³/mol. The van der Waals surface area contributed by atoms with Crippen LogP contribution in [0.5, 0.6) is 0 Å². The number of carbonyl (C=O) groups is 2. The maximum absolute atomic E-state index is 12.3. The van der Waals surface area contributed by atoms with E-state index in [1.807, 2.05) is 13.8 Å². The van der Waals surface area contributed by atoms with E-state index in [1.54, 1.807) is 0 Å². The Bertz CT molecular complexity index is 309. The summed E-state index contributed by atoms with van der Waals surface area (Å²) in [4.78, 5) is 24.6. The fraction of sp³-hybridized carbons (Fsp3) is 0.889. The molecular weight excluding hydrogens is 280 g/mol. The maximum atomic E-state index is 12.3. The summed E-state index contributed by atoms with van der Waals surface area (Å²) < 4.78 is 9.86. The van der Waals surface area contributed by atoms with E-state index in [4.69, 9.17) is 9.47 Å². The smallest absolute Gasteiger partial charge is 0.323 e. The van der Waals surface area contributed by atoms with Gasteiger partial charge in [-0.3, -0.25) is 9.59 Å². The summed E-state index contributed by atoms with van der Waals surface area (Å²) in [6.45, 7) is 6.09. The molecule has 0 aromatic heterocycles. The first-order valence-corrected chi connectivity index (χ1v) is 8.71. The molecule has 1 atom stereocenters. The van der Waals surface area contributed by atoms with E-state index in [0.29, 0.717) is 6.42 Å². The largest absolute Gasteiger partial charge is 0.468 e. The second-order valence-corrected chi connectivity index (χ2v) is 5.97. The van der Waals surface area contributed by atoms with Crippen LogP contribution in [0, 0.1) is 11.3 Å². The van der Waals surface area contributed by atoms with Crippen LogP contribution in [-0.2, 0) is 19.1 Å². The van der Waals surface area contributed by atoms with Crippen molar-refractivity contribution in [2.75, 3.05) is 14.2 Å². The van der Waals surface area contributed by atoms with E-state index >= 15 is 0 Å². The molecule has 0 aliphatic heterocycles. The van der Waals surface area contributed by atoms with E-state index in [9.17, 15) is 9.59 Å². The van der Waals surface area contributed by atoms with Crippen molar-refractivity contribution in [1.82, 2.24) is 0 Å². The zero-order valence-electron chi connectivity index (χ0n) is 15.1. The van der Waals surface area contributed by atoms with Crippen molar-refractivity contribution in [2.45, 2.75) is 78.6 Å². The average molecular weight is 314 g/mol. The highest BCUT2D eigenvalue weighted by Crippen LogP contribution is 2.40. The zero-order valence-corrected chi connectivity index (χ0v) is 15.1. The Morgan fingerprint density at radius 1 is 0.864 bits per heavy atom. The van der Waals surface area contributed by atoms with E-state index in [1.165, 1.54) is 39.9 Å². The average Bonchev–Trinajstić information content (AvgIpc) is 2.55. The Morgan fingerprint density at radius 2 is 1.36 bits per heavy atom. The number of rotatable bonds is 12. The first-order chi connectivity index (χ1) is 10.5. The summed E-state index contributed by atoms with van der Waals surface area (Å²) in [6.07, 6.45) is 9.24. The number of carbonyl (C=O) groups excluding carboxylic acids is 2. The van der Waals surface area contributed by atoms with Crippen LogP contribution in [0.2, 0.25) is 0 Å². The number of hydrogen-bond acceptors (Lipinski definition) is 4. The topological polar surface area (TPSA) is 52.6 Å². The van der Waals surface area contributed by atoms with Crippen molar-refractivity contribution in [3.8, 4) is 0 Å². The number of ether oxygens (including phenoxy) is 2. The van der Waals surface area contributed by atoms with Crippen LogP contribution in [0.25, 0.3) is 0 Å². The number of unbranched alkanes of at least 4 members (excludes halogenated alkanes) is 5. The van der Waals surface area contributed by atoms with E-state index in [0.717, 1.165) is 25.7 Å². The van der Waals surface area contributed by atoms with Crippen LogP contribution in [-0.4, -0.2) is 26.2 Å². The summed E-state index contributed by atoms with van der Waals surface area (Å²) in [7, 11) is 2.68. The summed E-state index contributed by atoms with van der Waals surface area (Å²) >= 11 is 0. The second-order valence-electron chi connectivity index (χ2n) is 5.97. The lowest BCUT2D eigenvalue weighted by molar-refractivity contribution is -0.174. The lowest BCUT2D eigenvalue weighted by Gasteiger charge is -2.34. The molecule has 0 fully saturated rings. The minimum absolute atomic E-state index is 0.0245. The normalized spacial score (nSPS) is 12.8. The standard InChI is InChI=1S/C18H34O4/c1-6-9-10-11-12-13-14-15(7-2)18(8-3,16(19)21-4)17(20)22-5/h15H,6-14H2,1-5H3. The molecule has 0 radical (unpaired) electrons. The van der Waals surface area contributed by atoms with Gasteiger partial charge in [-0.05, 0) is 18.8 Å². The van der Waals surface area contributed by atoms with Gasteiger partial charge in [0.25, 0.3) is 0 Å². The van der Waals surface area contributed by atoms with E-state index < -0.39 is 17.4 Å². The van der Waals surface area contributed by atoms with Crippen LogP contribution in [0.15, 0.2) is 0 Å². The van der Waals surface area contributed by atoms with Gasteiger partial charge in [0.05, 0.1) is 14.2 Å². The molecule has 0 N–H and O–H groups in total. The molecule has 0 aromatic rings. The van der Waals surface area contributed by atoms with Gasteiger partial charge in [-0.25, -0.2) is 0 Å². The highest BCUT2D eigenvalue weighted by molar-refractivity contribution is 6.00. The van der Waals surface area contributed by atoms with Crippen molar-refractivity contribution < 1.29 is 19.1 Å². The quantitative estimate of drug-likeness (QED) is 0.302. The van der Waals surface area contributed by atoms with Gasteiger partial charge in [-0.1, -0.05) is 65.7 Å². The zero-order chi connectivity index (χ0) is 17.0. The van der Waals surface area contributed by atoms with Gasteiger partial charge < -0.3 is 9.47 Å². The van der Waals surface area contributed by atoms with Crippen LogP contribution < -0.4 is 0 Å². The fourth-order valence-corrected chi connectivity index (χ4v) is 3.33. The third-order valence-electron chi connectivity index (χ3n) is 4.75. The van der Waals surface area contributed by atoms with E-state index in [-0.39, 0.29) is 5.92 Å². The van der Waals surface area contributed by atoms with Gasteiger partial charge in [0.2, 0.25) is 0 Å². The molecule has 130 valence electrons. The van der Waals surface area contributed by atoms with Crippen molar-refractivity contribution in [3.63, 3.8) is 0 Å². The van der Waals surface area contributed by atoms with Crippen LogP contribution in [0.1, 0.15) is 78.6 Å². The maximum Gasteiger partial charge on any atom is 0.323 e. The van der Waals surface area contributed by atoms with Crippen molar-refractivity contribution in [2.24, 2.45) is 11.3 Å². The monoisotopic (exact) mass is 314 g/mol. The first kappa shape index (κ1) is 20.9. The summed E-state index contributed by atoms with van der Waals surface area (Å²) in [6, 6.07) is 0. The van der Waals surface area contributed by atoms with Crippen LogP contribution in [0.4, 0.5) is 0 Å². The SMILES string of the molecule is CCCCCCCCC(CC)C(CC)(C(=O)OC)C(=O)OC. The molecule has 4 heteroatoms.